The maximum atomic E-state index is 11.9. The van der Waals surface area contributed by atoms with Gasteiger partial charge in [0.25, 0.3) is 5.91 Å². The molecule has 0 atom stereocenters. The molecule has 2 aromatic carbocycles. The molecule has 0 aliphatic heterocycles. The lowest BCUT2D eigenvalue weighted by Gasteiger charge is -2.05. The van der Waals surface area contributed by atoms with E-state index in [1.165, 1.54) is 0 Å². The van der Waals surface area contributed by atoms with Crippen LogP contribution in [-0.2, 0) is 0 Å². The fourth-order valence-electron chi connectivity index (χ4n) is 1.40. The van der Waals surface area contributed by atoms with E-state index in [1.54, 1.807) is 24.3 Å². The molecule has 0 heterocycles. The minimum absolute atomic E-state index is 0.175. The van der Waals surface area contributed by atoms with Crippen molar-refractivity contribution >= 4 is 39.1 Å². The van der Waals surface area contributed by atoms with Crippen LogP contribution in [0.2, 0.25) is 5.02 Å². The van der Waals surface area contributed by atoms with Gasteiger partial charge in [-0.15, -0.1) is 0 Å². The fourth-order valence-corrected chi connectivity index (χ4v) is 1.99. The van der Waals surface area contributed by atoms with Crippen molar-refractivity contribution in [3.8, 4) is 0 Å². The van der Waals surface area contributed by atoms with Crippen LogP contribution in [0.1, 0.15) is 10.4 Å². The van der Waals surface area contributed by atoms with Gasteiger partial charge in [0.15, 0.2) is 0 Å². The highest BCUT2D eigenvalue weighted by Crippen LogP contribution is 2.17. The van der Waals surface area contributed by atoms with Crippen LogP contribution in [-0.4, -0.2) is 5.91 Å². The molecule has 0 aromatic heterocycles. The molecule has 0 unspecified atom stereocenters. The van der Waals surface area contributed by atoms with Gasteiger partial charge in [-0.3, -0.25) is 4.79 Å². The molecule has 2 nitrogen and oxygen atoms in total. The number of benzene rings is 2. The third-order valence-corrected chi connectivity index (χ3v) is 2.90. The molecule has 17 heavy (non-hydrogen) atoms. The van der Waals surface area contributed by atoms with Crippen LogP contribution >= 0.6 is 27.5 Å². The summed E-state index contributed by atoms with van der Waals surface area (Å²) in [6.07, 6.45) is 0. The zero-order valence-electron chi connectivity index (χ0n) is 8.78. The van der Waals surface area contributed by atoms with Crippen LogP contribution in [0.25, 0.3) is 0 Å². The summed E-state index contributed by atoms with van der Waals surface area (Å²) in [6, 6.07) is 14.3. The van der Waals surface area contributed by atoms with Gasteiger partial charge in [0.1, 0.15) is 0 Å². The third kappa shape index (κ3) is 3.32. The number of carbonyl (C=O) groups excluding carboxylic acids is 1. The predicted octanol–water partition coefficient (Wildman–Crippen LogP) is 4.35. The van der Waals surface area contributed by atoms with Crippen molar-refractivity contribution in [1.82, 2.24) is 0 Å². The molecule has 0 bridgehead atoms. The molecule has 2 aromatic rings. The average Bonchev–Trinajstić information content (AvgIpc) is 2.29. The summed E-state index contributed by atoms with van der Waals surface area (Å²) in [5, 5.41) is 3.35. The molecule has 0 fully saturated rings. The molecule has 0 radical (unpaired) electrons. The first-order valence-corrected chi connectivity index (χ1v) is 6.15. The first-order valence-electron chi connectivity index (χ1n) is 4.97. The van der Waals surface area contributed by atoms with E-state index in [0.717, 1.165) is 10.2 Å². The number of anilines is 1. The van der Waals surface area contributed by atoms with Crippen molar-refractivity contribution < 1.29 is 4.79 Å². The molecule has 86 valence electrons. The van der Waals surface area contributed by atoms with Crippen molar-refractivity contribution in [2.45, 2.75) is 0 Å². The first kappa shape index (κ1) is 12.1. The Morgan fingerprint density at radius 1 is 1.12 bits per heavy atom. The zero-order valence-corrected chi connectivity index (χ0v) is 11.1. The maximum absolute atomic E-state index is 11.9. The van der Waals surface area contributed by atoms with E-state index in [0.29, 0.717) is 10.6 Å². The highest BCUT2D eigenvalue weighted by Gasteiger charge is 2.06. The Labute approximate surface area is 113 Å². The molecule has 0 saturated carbocycles. The van der Waals surface area contributed by atoms with Crippen LogP contribution in [0.5, 0.6) is 0 Å². The maximum Gasteiger partial charge on any atom is 0.255 e. The molecular formula is C13H9BrClNO. The van der Waals surface area contributed by atoms with E-state index in [1.807, 2.05) is 24.3 Å². The largest absolute Gasteiger partial charge is 0.322 e. The fraction of sp³-hybridized carbons (Fsp3) is 0. The highest BCUT2D eigenvalue weighted by atomic mass is 79.9. The zero-order chi connectivity index (χ0) is 12.3. The molecule has 1 N–H and O–H groups in total. The second-order valence-electron chi connectivity index (χ2n) is 3.47. The Morgan fingerprint density at radius 2 is 1.88 bits per heavy atom. The van der Waals surface area contributed by atoms with Crippen molar-refractivity contribution in [3.05, 3.63) is 63.6 Å². The summed E-state index contributed by atoms with van der Waals surface area (Å²) in [6.45, 7) is 0. The van der Waals surface area contributed by atoms with Gasteiger partial charge in [-0.1, -0.05) is 39.7 Å². The normalized spacial score (nSPS) is 10.0. The smallest absolute Gasteiger partial charge is 0.255 e. The number of hydrogen-bond acceptors (Lipinski definition) is 1. The van der Waals surface area contributed by atoms with Gasteiger partial charge in [0, 0.05) is 20.7 Å². The summed E-state index contributed by atoms with van der Waals surface area (Å²) < 4.78 is 0.918. The Morgan fingerprint density at radius 3 is 2.59 bits per heavy atom. The number of carbonyl (C=O) groups is 1. The van der Waals surface area contributed by atoms with Crippen molar-refractivity contribution in [3.63, 3.8) is 0 Å². The van der Waals surface area contributed by atoms with Crippen LogP contribution in [0.4, 0.5) is 5.69 Å². The van der Waals surface area contributed by atoms with Gasteiger partial charge >= 0.3 is 0 Å². The summed E-state index contributed by atoms with van der Waals surface area (Å²) in [7, 11) is 0. The number of halogens is 2. The Balaban J connectivity index is 2.17. The van der Waals surface area contributed by atoms with Gasteiger partial charge in [0.2, 0.25) is 0 Å². The molecule has 2 rings (SSSR count). The summed E-state index contributed by atoms with van der Waals surface area (Å²) in [5.74, 6) is -0.175. The van der Waals surface area contributed by atoms with Gasteiger partial charge in [-0.25, -0.2) is 0 Å². The molecule has 0 saturated heterocycles. The summed E-state index contributed by atoms with van der Waals surface area (Å²) >= 11 is 9.18. The quantitative estimate of drug-likeness (QED) is 0.877. The molecular weight excluding hydrogens is 302 g/mol. The van der Waals surface area contributed by atoms with E-state index < -0.39 is 0 Å². The van der Waals surface area contributed by atoms with Gasteiger partial charge in [-0.2, -0.15) is 0 Å². The van der Waals surface area contributed by atoms with Crippen LogP contribution in [0, 0.1) is 0 Å². The minimum Gasteiger partial charge on any atom is -0.322 e. The van der Waals surface area contributed by atoms with Crippen molar-refractivity contribution in [2.75, 3.05) is 5.32 Å². The van der Waals surface area contributed by atoms with Gasteiger partial charge in [-0.05, 0) is 36.4 Å². The Kier molecular flexibility index (Phi) is 3.82. The van der Waals surface area contributed by atoms with Crippen LogP contribution in [0.15, 0.2) is 53.0 Å². The van der Waals surface area contributed by atoms with E-state index in [2.05, 4.69) is 21.2 Å². The Hall–Kier alpha value is -1.32. The number of rotatable bonds is 2. The molecule has 4 heteroatoms. The van der Waals surface area contributed by atoms with E-state index >= 15 is 0 Å². The number of hydrogen-bond donors (Lipinski definition) is 1. The third-order valence-electron chi connectivity index (χ3n) is 2.17. The second kappa shape index (κ2) is 5.34. The van der Waals surface area contributed by atoms with Crippen LogP contribution in [0.3, 0.4) is 0 Å². The lowest BCUT2D eigenvalue weighted by atomic mass is 10.2. The van der Waals surface area contributed by atoms with Gasteiger partial charge in [0.05, 0.1) is 0 Å². The molecule has 0 spiro atoms. The van der Waals surface area contributed by atoms with E-state index in [-0.39, 0.29) is 5.91 Å². The minimum atomic E-state index is -0.175. The summed E-state index contributed by atoms with van der Waals surface area (Å²) in [5.41, 5.74) is 1.28. The topological polar surface area (TPSA) is 29.1 Å². The number of amides is 1. The second-order valence-corrected chi connectivity index (χ2v) is 4.83. The summed E-state index contributed by atoms with van der Waals surface area (Å²) in [4.78, 5) is 11.9. The lowest BCUT2D eigenvalue weighted by molar-refractivity contribution is 0.102. The van der Waals surface area contributed by atoms with Crippen molar-refractivity contribution in [2.24, 2.45) is 0 Å². The highest BCUT2D eigenvalue weighted by molar-refractivity contribution is 9.10. The Bertz CT molecular complexity index is 557. The van der Waals surface area contributed by atoms with Crippen molar-refractivity contribution in [1.29, 1.82) is 0 Å². The van der Waals surface area contributed by atoms with E-state index in [9.17, 15) is 4.79 Å². The SMILES string of the molecule is O=C(Nc1cccc(Br)c1)c1cccc(Cl)c1. The number of nitrogens with one attached hydrogen (secondary N) is 1. The monoisotopic (exact) mass is 309 g/mol. The lowest BCUT2D eigenvalue weighted by Crippen LogP contribution is -2.11. The average molecular weight is 311 g/mol. The molecule has 0 aliphatic carbocycles. The molecule has 1 amide bonds. The van der Waals surface area contributed by atoms with Gasteiger partial charge < -0.3 is 5.32 Å². The predicted molar refractivity (Wildman–Crippen MR) is 73.5 cm³/mol. The molecule has 0 aliphatic rings. The first-order chi connectivity index (χ1) is 8.15. The standard InChI is InChI=1S/C13H9BrClNO/c14-10-4-2-6-12(8-10)16-13(17)9-3-1-5-11(15)7-9/h1-8H,(H,16,17). The van der Waals surface area contributed by atoms with Crippen LogP contribution < -0.4 is 5.32 Å². The van der Waals surface area contributed by atoms with E-state index in [4.69, 9.17) is 11.6 Å².